The lowest BCUT2D eigenvalue weighted by molar-refractivity contribution is 0.834. The highest BCUT2D eigenvalue weighted by atomic mass is 79.9. The van der Waals surface area contributed by atoms with Crippen molar-refractivity contribution in [2.45, 2.75) is 25.1 Å². The summed E-state index contributed by atoms with van der Waals surface area (Å²) in [5.74, 6) is 1.52. The molecule has 1 fully saturated rings. The quantitative estimate of drug-likeness (QED) is 0.636. The summed E-state index contributed by atoms with van der Waals surface area (Å²) < 4.78 is 1.56. The summed E-state index contributed by atoms with van der Waals surface area (Å²) in [5.41, 5.74) is 0. The maximum absolute atomic E-state index is 3.73. The fourth-order valence-corrected chi connectivity index (χ4v) is 2.99. The molecule has 0 aromatic carbocycles. The number of allylic oxidation sites excluding steroid dienone is 2. The second kappa shape index (κ2) is 2.63. The van der Waals surface area contributed by atoms with Crippen molar-refractivity contribution >= 4 is 31.9 Å². The van der Waals surface area contributed by atoms with Gasteiger partial charge in [0.1, 0.15) is 0 Å². The van der Waals surface area contributed by atoms with Crippen LogP contribution in [0.2, 0.25) is 0 Å². The van der Waals surface area contributed by atoms with Crippen LogP contribution in [-0.2, 0) is 0 Å². The van der Waals surface area contributed by atoms with Crippen LogP contribution in [0.15, 0.2) is 10.6 Å². The van der Waals surface area contributed by atoms with Gasteiger partial charge < -0.3 is 0 Å². The molecule has 1 rings (SSSR count). The number of alkyl halides is 1. The summed E-state index contributed by atoms with van der Waals surface area (Å²) in [6.07, 6.45) is 2.12. The zero-order valence-electron chi connectivity index (χ0n) is 6.49. The molecule has 3 atom stereocenters. The Morgan fingerprint density at radius 3 is 1.90 bits per heavy atom. The Kier molecular flexibility index (Phi) is 2.31. The van der Waals surface area contributed by atoms with Gasteiger partial charge in [-0.2, -0.15) is 0 Å². The van der Waals surface area contributed by atoms with Gasteiger partial charge in [-0.05, 0) is 18.8 Å². The molecule has 1 saturated carbocycles. The van der Waals surface area contributed by atoms with Crippen molar-refractivity contribution in [3.8, 4) is 0 Å². The van der Waals surface area contributed by atoms with Crippen LogP contribution >= 0.6 is 31.9 Å². The highest BCUT2D eigenvalue weighted by Crippen LogP contribution is 2.62. The molecule has 0 radical (unpaired) electrons. The first kappa shape index (κ1) is 8.79. The van der Waals surface area contributed by atoms with Crippen LogP contribution in [-0.4, -0.2) is 4.32 Å². The van der Waals surface area contributed by atoms with E-state index in [9.17, 15) is 0 Å². The first-order valence-corrected chi connectivity index (χ1v) is 5.15. The molecule has 0 spiro atoms. The van der Waals surface area contributed by atoms with Crippen molar-refractivity contribution in [2.75, 3.05) is 0 Å². The third-order valence-electron chi connectivity index (χ3n) is 2.59. The van der Waals surface area contributed by atoms with Gasteiger partial charge in [0.25, 0.3) is 0 Å². The lowest BCUT2D eigenvalue weighted by atomic mass is 10.3. The zero-order chi connectivity index (χ0) is 7.94. The number of halogens is 2. The van der Waals surface area contributed by atoms with Gasteiger partial charge in [0.15, 0.2) is 0 Å². The molecule has 0 bridgehead atoms. The maximum Gasteiger partial charge on any atom is 0.0625 e. The van der Waals surface area contributed by atoms with Crippen molar-refractivity contribution in [3.05, 3.63) is 10.6 Å². The molecule has 0 saturated heterocycles. The standard InChI is InChI=1S/C8H12Br2/c1-4-7(9)8(10)5(2)6(8)3/h4-6H,1-3H3/b7-4-/t5-,6+,8?. The van der Waals surface area contributed by atoms with Crippen LogP contribution in [0.4, 0.5) is 0 Å². The summed E-state index contributed by atoms with van der Waals surface area (Å²) in [4.78, 5) is 0. The van der Waals surface area contributed by atoms with Crippen molar-refractivity contribution in [1.82, 2.24) is 0 Å². The van der Waals surface area contributed by atoms with Gasteiger partial charge in [0.05, 0.1) is 4.32 Å². The van der Waals surface area contributed by atoms with E-state index in [1.165, 1.54) is 4.48 Å². The van der Waals surface area contributed by atoms with Crippen molar-refractivity contribution < 1.29 is 0 Å². The number of hydrogen-bond acceptors (Lipinski definition) is 0. The molecule has 58 valence electrons. The molecule has 0 nitrogen and oxygen atoms in total. The molecule has 1 unspecified atom stereocenters. The molecule has 0 aromatic rings. The molecule has 0 amide bonds. The molecule has 1 aliphatic carbocycles. The van der Waals surface area contributed by atoms with Crippen molar-refractivity contribution in [2.24, 2.45) is 11.8 Å². The molecule has 2 heteroatoms. The van der Waals surface area contributed by atoms with E-state index >= 15 is 0 Å². The predicted octanol–water partition coefficient (Wildman–Crippen LogP) is 3.70. The third kappa shape index (κ3) is 1.00. The van der Waals surface area contributed by atoms with Gasteiger partial charge in [-0.3, -0.25) is 0 Å². The fraction of sp³-hybridized carbons (Fsp3) is 0.750. The Bertz CT molecular complexity index is 164. The summed E-state index contributed by atoms with van der Waals surface area (Å²) in [5, 5.41) is 0. The van der Waals surface area contributed by atoms with E-state index < -0.39 is 0 Å². The van der Waals surface area contributed by atoms with Gasteiger partial charge in [-0.15, -0.1) is 0 Å². The topological polar surface area (TPSA) is 0 Å². The molecule has 0 aliphatic heterocycles. The number of hydrogen-bond donors (Lipinski definition) is 0. The van der Waals surface area contributed by atoms with Gasteiger partial charge in [-0.1, -0.05) is 51.8 Å². The first-order valence-electron chi connectivity index (χ1n) is 3.56. The van der Waals surface area contributed by atoms with Gasteiger partial charge in [0, 0.05) is 4.48 Å². The highest BCUT2D eigenvalue weighted by Gasteiger charge is 2.58. The van der Waals surface area contributed by atoms with Gasteiger partial charge in [0.2, 0.25) is 0 Å². The van der Waals surface area contributed by atoms with Crippen LogP contribution in [0.3, 0.4) is 0 Å². The van der Waals surface area contributed by atoms with Crippen LogP contribution in [0.1, 0.15) is 20.8 Å². The number of rotatable bonds is 1. The Morgan fingerprint density at radius 1 is 1.40 bits per heavy atom. The molecule has 10 heavy (non-hydrogen) atoms. The highest BCUT2D eigenvalue weighted by molar-refractivity contribution is 9.14. The van der Waals surface area contributed by atoms with Crippen LogP contribution in [0.5, 0.6) is 0 Å². The van der Waals surface area contributed by atoms with Crippen LogP contribution in [0.25, 0.3) is 0 Å². The Labute approximate surface area is 79.3 Å². The van der Waals surface area contributed by atoms with Crippen molar-refractivity contribution in [3.63, 3.8) is 0 Å². The SMILES string of the molecule is C/C=C(\Br)C1(Br)[C@H](C)[C@@H]1C. The monoisotopic (exact) mass is 266 g/mol. The molecule has 1 aliphatic rings. The average Bonchev–Trinajstić information content (AvgIpc) is 2.41. The predicted molar refractivity (Wildman–Crippen MR) is 52.7 cm³/mol. The largest absolute Gasteiger partial charge is 0.0789 e. The lowest BCUT2D eigenvalue weighted by Gasteiger charge is -2.05. The second-order valence-corrected chi connectivity index (χ2v) is 5.15. The molecular formula is C8H12Br2. The van der Waals surface area contributed by atoms with E-state index in [2.05, 4.69) is 58.7 Å². The van der Waals surface area contributed by atoms with E-state index in [0.29, 0.717) is 0 Å². The second-order valence-electron chi connectivity index (χ2n) is 2.98. The summed E-state index contributed by atoms with van der Waals surface area (Å²) >= 11 is 7.29. The minimum absolute atomic E-state index is 0.266. The van der Waals surface area contributed by atoms with Crippen molar-refractivity contribution in [1.29, 1.82) is 0 Å². The van der Waals surface area contributed by atoms with E-state index in [0.717, 1.165) is 11.8 Å². The molecule has 0 N–H and O–H groups in total. The minimum atomic E-state index is 0.266. The normalized spacial score (nSPS) is 47.5. The zero-order valence-corrected chi connectivity index (χ0v) is 9.66. The Hall–Kier alpha value is 0.700. The molecule has 0 aromatic heterocycles. The van der Waals surface area contributed by atoms with E-state index in [1.54, 1.807) is 0 Å². The van der Waals surface area contributed by atoms with Gasteiger partial charge >= 0.3 is 0 Å². The molecule has 0 heterocycles. The Balaban J connectivity index is 2.75. The summed E-state index contributed by atoms with van der Waals surface area (Å²) in [6.45, 7) is 6.60. The van der Waals surface area contributed by atoms with Crippen LogP contribution in [0, 0.1) is 11.8 Å². The van der Waals surface area contributed by atoms with Crippen LogP contribution < -0.4 is 0 Å². The molecular weight excluding hydrogens is 256 g/mol. The third-order valence-corrected chi connectivity index (χ3v) is 6.10. The lowest BCUT2D eigenvalue weighted by Crippen LogP contribution is -2.00. The summed E-state index contributed by atoms with van der Waals surface area (Å²) in [6, 6.07) is 0. The maximum atomic E-state index is 3.73. The minimum Gasteiger partial charge on any atom is -0.0789 e. The summed E-state index contributed by atoms with van der Waals surface area (Å²) in [7, 11) is 0. The first-order chi connectivity index (χ1) is 4.55. The van der Waals surface area contributed by atoms with E-state index in [-0.39, 0.29) is 4.32 Å². The van der Waals surface area contributed by atoms with Gasteiger partial charge in [-0.25, -0.2) is 0 Å². The Morgan fingerprint density at radius 2 is 1.80 bits per heavy atom. The van der Waals surface area contributed by atoms with E-state index in [1.807, 2.05) is 0 Å². The van der Waals surface area contributed by atoms with E-state index in [4.69, 9.17) is 0 Å². The average molecular weight is 268 g/mol. The smallest absolute Gasteiger partial charge is 0.0625 e. The fourth-order valence-electron chi connectivity index (χ4n) is 1.38.